The number of carboxylic acids is 1. The molecule has 0 amide bonds. The van der Waals surface area contributed by atoms with Crippen LogP contribution in [0.2, 0.25) is 0 Å². The minimum Gasteiger partial charge on any atom is -0.481 e. The Morgan fingerprint density at radius 1 is 1.24 bits per heavy atom. The van der Waals surface area contributed by atoms with Gasteiger partial charge in [0.15, 0.2) is 5.82 Å². The maximum Gasteiger partial charge on any atom is 0.303 e. The van der Waals surface area contributed by atoms with Crippen molar-refractivity contribution in [2.45, 2.75) is 13.3 Å². The number of aliphatic carboxylic acids is 1. The third-order valence-electron chi connectivity index (χ3n) is 1.71. The van der Waals surface area contributed by atoms with E-state index in [1.54, 1.807) is 37.8 Å². The minimum atomic E-state index is -0.745. The summed E-state index contributed by atoms with van der Waals surface area (Å²) in [6, 6.07) is 3.60. The molecule has 1 N–H and O–H groups in total. The summed E-state index contributed by atoms with van der Waals surface area (Å²) in [6.45, 7) is 1.60. The molecule has 0 bridgehead atoms. The highest BCUT2D eigenvalue weighted by Gasteiger charge is 1.96. The van der Waals surface area contributed by atoms with E-state index in [0.717, 1.165) is 5.56 Å². The third kappa shape index (κ3) is 4.78. The van der Waals surface area contributed by atoms with Crippen molar-refractivity contribution in [1.29, 1.82) is 0 Å². The van der Waals surface area contributed by atoms with Crippen molar-refractivity contribution in [1.82, 2.24) is 20.2 Å². The Bertz CT molecular complexity index is 410. The molecule has 88 valence electrons. The van der Waals surface area contributed by atoms with Gasteiger partial charge in [0.1, 0.15) is 0 Å². The van der Waals surface area contributed by atoms with Crippen molar-refractivity contribution in [3.8, 4) is 11.4 Å². The second-order valence-electron chi connectivity index (χ2n) is 2.95. The van der Waals surface area contributed by atoms with Crippen LogP contribution in [0, 0.1) is 0 Å². The molecule has 6 nitrogen and oxygen atoms in total. The molecule has 0 fully saturated rings. The molecule has 6 heteroatoms. The van der Waals surface area contributed by atoms with Crippen LogP contribution < -0.4 is 0 Å². The number of rotatable bonds is 2. The smallest absolute Gasteiger partial charge is 0.303 e. The molecule has 0 aliphatic rings. The summed E-state index contributed by atoms with van der Waals surface area (Å²) >= 11 is 0. The molecule has 2 rings (SSSR count). The summed E-state index contributed by atoms with van der Waals surface area (Å²) in [6.07, 6.45) is 6.87. The van der Waals surface area contributed by atoms with Crippen LogP contribution in [0.3, 0.4) is 0 Å². The van der Waals surface area contributed by atoms with Crippen molar-refractivity contribution in [3.63, 3.8) is 0 Å². The van der Waals surface area contributed by atoms with Crippen LogP contribution in [0.5, 0.6) is 0 Å². The van der Waals surface area contributed by atoms with Gasteiger partial charge >= 0.3 is 5.97 Å². The highest BCUT2D eigenvalue weighted by molar-refractivity contribution is 5.66. The number of nitrogens with zero attached hydrogens (tertiary/aromatic N) is 4. The van der Waals surface area contributed by atoms with Crippen LogP contribution >= 0.6 is 0 Å². The van der Waals surface area contributed by atoms with E-state index < -0.39 is 5.97 Å². The van der Waals surface area contributed by atoms with Crippen molar-refractivity contribution >= 4 is 5.97 Å². The molecular formula is C11H12N4O2. The number of hydrogen-bond acceptors (Lipinski definition) is 5. The maximum atomic E-state index is 9.37. The predicted octanol–water partition coefficient (Wildman–Crippen LogP) is 1.41. The van der Waals surface area contributed by atoms with E-state index in [1.165, 1.54) is 0 Å². The van der Waals surface area contributed by atoms with Crippen molar-refractivity contribution in [2.75, 3.05) is 0 Å². The summed E-state index contributed by atoms with van der Waals surface area (Å²) in [7, 11) is 0. The maximum absolute atomic E-state index is 9.37. The molecule has 0 unspecified atom stereocenters. The quantitative estimate of drug-likeness (QED) is 0.842. The highest BCUT2D eigenvalue weighted by atomic mass is 16.4. The zero-order valence-corrected chi connectivity index (χ0v) is 9.32. The molecule has 2 aromatic rings. The van der Waals surface area contributed by atoms with Gasteiger partial charge in [-0.2, -0.15) is 10.2 Å². The molecule has 2 aromatic heterocycles. The Hall–Kier alpha value is -2.37. The third-order valence-corrected chi connectivity index (χ3v) is 1.71. The van der Waals surface area contributed by atoms with Gasteiger partial charge in [0, 0.05) is 24.4 Å². The van der Waals surface area contributed by atoms with Gasteiger partial charge in [-0.1, -0.05) is 6.92 Å². The van der Waals surface area contributed by atoms with Gasteiger partial charge in [0.25, 0.3) is 0 Å². The van der Waals surface area contributed by atoms with Crippen molar-refractivity contribution in [3.05, 3.63) is 36.9 Å². The molecule has 0 radical (unpaired) electrons. The number of hydrogen-bond donors (Lipinski definition) is 1. The largest absolute Gasteiger partial charge is 0.481 e. The lowest BCUT2D eigenvalue weighted by Gasteiger charge is -1.94. The molecule has 2 heterocycles. The van der Waals surface area contributed by atoms with E-state index in [0.29, 0.717) is 5.82 Å². The first kappa shape index (κ1) is 12.7. The van der Waals surface area contributed by atoms with Gasteiger partial charge in [0.2, 0.25) is 0 Å². The molecule has 0 aromatic carbocycles. The average Bonchev–Trinajstić information content (AvgIpc) is 2.41. The second kappa shape index (κ2) is 7.00. The van der Waals surface area contributed by atoms with E-state index in [9.17, 15) is 4.79 Å². The molecule has 0 atom stereocenters. The Labute approximate surface area is 98.4 Å². The van der Waals surface area contributed by atoms with Gasteiger partial charge in [-0.05, 0) is 12.1 Å². The monoisotopic (exact) mass is 232 g/mol. The normalized spacial score (nSPS) is 9.00. The lowest BCUT2D eigenvalue weighted by atomic mass is 10.3. The number of carbonyl (C=O) groups is 1. The summed E-state index contributed by atoms with van der Waals surface area (Å²) in [5.74, 6) is -0.0719. The van der Waals surface area contributed by atoms with Crippen LogP contribution in [0.1, 0.15) is 13.3 Å². The fourth-order valence-corrected chi connectivity index (χ4v) is 0.871. The molecule has 0 saturated heterocycles. The van der Waals surface area contributed by atoms with Gasteiger partial charge in [-0.3, -0.25) is 4.79 Å². The van der Waals surface area contributed by atoms with E-state index in [2.05, 4.69) is 20.2 Å². The molecule has 0 aliphatic carbocycles. The lowest BCUT2D eigenvalue weighted by Crippen LogP contribution is -1.87. The first-order chi connectivity index (χ1) is 8.24. The lowest BCUT2D eigenvalue weighted by molar-refractivity contribution is -0.136. The van der Waals surface area contributed by atoms with Crippen LogP contribution in [-0.4, -0.2) is 31.2 Å². The zero-order chi connectivity index (χ0) is 12.5. The van der Waals surface area contributed by atoms with E-state index in [4.69, 9.17) is 5.11 Å². The predicted molar refractivity (Wildman–Crippen MR) is 61.0 cm³/mol. The number of aromatic nitrogens is 4. The van der Waals surface area contributed by atoms with E-state index in [-0.39, 0.29) is 6.42 Å². The van der Waals surface area contributed by atoms with Crippen molar-refractivity contribution in [2.24, 2.45) is 0 Å². The minimum absolute atomic E-state index is 0.222. The van der Waals surface area contributed by atoms with Gasteiger partial charge in [-0.15, -0.1) is 0 Å². The summed E-state index contributed by atoms with van der Waals surface area (Å²) < 4.78 is 0. The topological polar surface area (TPSA) is 88.9 Å². The van der Waals surface area contributed by atoms with E-state index in [1.807, 2.05) is 6.07 Å². The summed E-state index contributed by atoms with van der Waals surface area (Å²) in [5, 5.41) is 15.1. The molecular weight excluding hydrogens is 220 g/mol. The second-order valence-corrected chi connectivity index (χ2v) is 2.95. The summed E-state index contributed by atoms with van der Waals surface area (Å²) in [5.41, 5.74) is 0.880. The summed E-state index contributed by atoms with van der Waals surface area (Å²) in [4.78, 5) is 17.5. The molecule has 0 aliphatic heterocycles. The Kier molecular flexibility index (Phi) is 5.23. The van der Waals surface area contributed by atoms with Gasteiger partial charge < -0.3 is 5.11 Å². The van der Waals surface area contributed by atoms with E-state index >= 15 is 0 Å². The van der Waals surface area contributed by atoms with Gasteiger partial charge in [0.05, 0.1) is 12.4 Å². The average molecular weight is 232 g/mol. The molecule has 17 heavy (non-hydrogen) atoms. The van der Waals surface area contributed by atoms with Crippen LogP contribution in [0.15, 0.2) is 36.9 Å². The van der Waals surface area contributed by atoms with Gasteiger partial charge in [-0.25, -0.2) is 9.97 Å². The standard InChI is InChI=1S/C8H6N4.C3H6O2/c1-3-9-8(10-4-1)7-2-5-11-12-6-7;1-2-3(4)5/h1-6H;2H2,1H3,(H,4,5). The first-order valence-electron chi connectivity index (χ1n) is 5.00. The fraction of sp³-hybridized carbons (Fsp3) is 0.182. The highest BCUT2D eigenvalue weighted by Crippen LogP contribution is 2.08. The zero-order valence-electron chi connectivity index (χ0n) is 9.32. The molecule has 0 spiro atoms. The van der Waals surface area contributed by atoms with Crippen LogP contribution in [0.25, 0.3) is 11.4 Å². The SMILES string of the molecule is CCC(=O)O.c1cnc(-c2ccnnc2)nc1. The first-order valence-corrected chi connectivity index (χ1v) is 5.00. The fourth-order valence-electron chi connectivity index (χ4n) is 0.871. The molecule has 0 saturated carbocycles. The van der Waals surface area contributed by atoms with Crippen LogP contribution in [0.4, 0.5) is 0 Å². The number of carboxylic acid groups (broad SMARTS) is 1. The Morgan fingerprint density at radius 2 is 1.88 bits per heavy atom. The van der Waals surface area contributed by atoms with Crippen LogP contribution in [-0.2, 0) is 4.79 Å². The Balaban J connectivity index is 0.000000249. The Morgan fingerprint density at radius 3 is 2.35 bits per heavy atom. The van der Waals surface area contributed by atoms with Crippen molar-refractivity contribution < 1.29 is 9.90 Å².